The van der Waals surface area contributed by atoms with Crippen LogP contribution >= 0.6 is 47.0 Å². The van der Waals surface area contributed by atoms with Crippen molar-refractivity contribution < 1.29 is 0 Å². The molecule has 0 aliphatic heterocycles. The molecule has 0 aromatic carbocycles. The quantitative estimate of drug-likeness (QED) is 0.0839. The fourth-order valence-corrected chi connectivity index (χ4v) is 17.0. The van der Waals surface area contributed by atoms with E-state index >= 15 is 0 Å². The number of thioether (sulfide) groups is 4. The van der Waals surface area contributed by atoms with Crippen molar-refractivity contribution in [2.45, 2.75) is 170 Å². The Hall–Kier alpha value is -2.32. The largest absolute Gasteiger partial charge is 0.231 e. The lowest BCUT2D eigenvalue weighted by Crippen LogP contribution is -2.64. The van der Waals surface area contributed by atoms with Gasteiger partial charge in [-0.1, -0.05) is 124 Å². The zero-order valence-corrected chi connectivity index (χ0v) is 33.5. The van der Waals surface area contributed by atoms with Gasteiger partial charge in [0.15, 0.2) is 0 Å². The van der Waals surface area contributed by atoms with Crippen LogP contribution in [0.1, 0.15) is 128 Å². The molecular formula is C33H52N16S4. The molecule has 4 unspecified atom stereocenters. The van der Waals surface area contributed by atoms with Gasteiger partial charge in [0.1, 0.15) is 0 Å². The minimum Gasteiger partial charge on any atom is -0.176 e. The van der Waals surface area contributed by atoms with Crippen LogP contribution in [0.5, 0.6) is 0 Å². The lowest BCUT2D eigenvalue weighted by Gasteiger charge is -2.61. The van der Waals surface area contributed by atoms with Crippen LogP contribution in [-0.4, -0.2) is 103 Å². The van der Waals surface area contributed by atoms with Crippen molar-refractivity contribution in [1.29, 1.82) is 0 Å². The highest BCUT2D eigenvalue weighted by Crippen LogP contribution is 2.66. The second kappa shape index (κ2) is 18.5. The second-order valence-corrected chi connectivity index (χ2v) is 20.0. The third-order valence-corrected chi connectivity index (χ3v) is 18.2. The number of rotatable bonds is 16. The third-order valence-electron chi connectivity index (χ3n) is 12.5. The van der Waals surface area contributed by atoms with Gasteiger partial charge in [0.25, 0.3) is 0 Å². The third kappa shape index (κ3) is 8.74. The molecule has 288 valence electrons. The molecule has 4 saturated carbocycles. The second-order valence-electron chi connectivity index (χ2n) is 15.5. The molecular weight excluding hydrogens is 749 g/mol. The maximum absolute atomic E-state index is 4.68. The van der Waals surface area contributed by atoms with Crippen LogP contribution in [0.2, 0.25) is 0 Å². The van der Waals surface area contributed by atoms with E-state index in [-0.39, 0.29) is 26.4 Å². The summed E-state index contributed by atoms with van der Waals surface area (Å²) in [6.45, 7) is 0. The van der Waals surface area contributed by atoms with E-state index in [4.69, 9.17) is 0 Å². The minimum atomic E-state index is -0.360. The van der Waals surface area contributed by atoms with E-state index < -0.39 is 0 Å². The van der Waals surface area contributed by atoms with Crippen LogP contribution in [0, 0.1) is 29.1 Å². The van der Waals surface area contributed by atoms with Gasteiger partial charge in [-0.2, -0.15) is 20.9 Å². The molecule has 4 fully saturated rings. The van der Waals surface area contributed by atoms with Crippen LogP contribution in [-0.2, 0) is 0 Å². The Morgan fingerprint density at radius 2 is 0.585 bits per heavy atom. The summed E-state index contributed by atoms with van der Waals surface area (Å²) in [5.41, 5.74) is -0.360. The molecule has 20 heteroatoms. The fraction of sp³-hybridized carbons (Fsp3) is 0.879. The highest BCUT2D eigenvalue weighted by molar-refractivity contribution is 8.02. The first kappa shape index (κ1) is 37.6. The number of aromatic nitrogens is 16. The van der Waals surface area contributed by atoms with Crippen molar-refractivity contribution >= 4 is 47.0 Å². The van der Waals surface area contributed by atoms with Gasteiger partial charge < -0.3 is 0 Å². The van der Waals surface area contributed by atoms with Crippen molar-refractivity contribution in [2.24, 2.45) is 29.1 Å². The van der Waals surface area contributed by atoms with Gasteiger partial charge in [0, 0.05) is 26.4 Å². The molecule has 53 heavy (non-hydrogen) atoms. The number of aromatic amines is 4. The first-order chi connectivity index (χ1) is 26.3. The Kier molecular flexibility index (Phi) is 13.2. The molecule has 4 heterocycles. The molecule has 0 bridgehead atoms. The Morgan fingerprint density at radius 1 is 0.358 bits per heavy atom. The number of hydrogen-bond acceptors (Lipinski definition) is 16. The zero-order valence-electron chi connectivity index (χ0n) is 30.3. The summed E-state index contributed by atoms with van der Waals surface area (Å²) in [6.07, 6.45) is 24.4. The molecule has 4 aliphatic rings. The summed E-state index contributed by atoms with van der Waals surface area (Å²) in [7, 11) is 0. The van der Waals surface area contributed by atoms with Crippen molar-refractivity contribution in [2.75, 3.05) is 0 Å². The minimum absolute atomic E-state index is 0.143. The molecule has 0 amide bonds. The van der Waals surface area contributed by atoms with Crippen LogP contribution < -0.4 is 0 Å². The van der Waals surface area contributed by atoms with Crippen molar-refractivity contribution in [1.82, 2.24) is 82.5 Å². The van der Waals surface area contributed by atoms with E-state index in [0.717, 1.165) is 20.6 Å². The summed E-state index contributed by atoms with van der Waals surface area (Å²) >= 11 is 7.50. The van der Waals surface area contributed by atoms with Gasteiger partial charge in [-0.25, -0.2) is 0 Å². The van der Waals surface area contributed by atoms with Gasteiger partial charge in [-0.05, 0) is 95.9 Å². The van der Waals surface area contributed by atoms with Crippen molar-refractivity contribution in [3.05, 3.63) is 0 Å². The average Bonchev–Trinajstić information content (AvgIpc) is 4.08. The highest BCUT2D eigenvalue weighted by atomic mass is 32.2. The summed E-state index contributed by atoms with van der Waals surface area (Å²) in [5.74, 6) is 1.77. The van der Waals surface area contributed by atoms with Gasteiger partial charge in [0.2, 0.25) is 20.6 Å². The Balaban J connectivity index is 1.43. The van der Waals surface area contributed by atoms with E-state index in [2.05, 4.69) is 82.5 Å². The van der Waals surface area contributed by atoms with Crippen LogP contribution in [0.3, 0.4) is 0 Å². The Bertz CT molecular complexity index is 1330. The molecule has 0 saturated heterocycles. The van der Waals surface area contributed by atoms with E-state index in [1.165, 1.54) is 128 Å². The molecule has 4 N–H and O–H groups in total. The molecule has 4 atom stereocenters. The number of H-pyrrole nitrogens is 4. The predicted molar refractivity (Wildman–Crippen MR) is 204 cm³/mol. The maximum atomic E-state index is 4.68. The van der Waals surface area contributed by atoms with Gasteiger partial charge >= 0.3 is 0 Å². The zero-order chi connectivity index (χ0) is 35.7. The lowest BCUT2D eigenvalue weighted by atomic mass is 9.58. The predicted octanol–water partition coefficient (Wildman–Crippen LogP) is 6.99. The molecule has 16 nitrogen and oxygen atoms in total. The molecule has 4 aromatic heterocycles. The highest BCUT2D eigenvalue weighted by Gasteiger charge is 2.64. The molecule has 8 rings (SSSR count). The monoisotopic (exact) mass is 800 g/mol. The number of tetrazole rings is 4. The molecule has 0 spiro atoms. The van der Waals surface area contributed by atoms with Gasteiger partial charge in [-0.3, -0.25) is 0 Å². The van der Waals surface area contributed by atoms with E-state index in [9.17, 15) is 0 Å². The first-order valence-corrected chi connectivity index (χ1v) is 23.4. The topological polar surface area (TPSA) is 218 Å². The number of nitrogens with zero attached hydrogens (tertiary/aromatic N) is 12. The standard InChI is InChI=1S/C33H52N16S4/c1-5-13-21(14-6-1)25(50-29-34-42-43-35-29)33(26(22-15-7-2-8-16-22)51-30-36-44-45-37-30,27(23-17-9-3-10-18-23)52-31-38-46-47-39-31)28(24-19-11-4-12-20-24)53-32-40-48-49-41-32/h21-28H,1-20H2,(H,34,35,42,43)(H,36,37,44,45)(H,38,39,46,47)(H,40,41,48,49). The van der Waals surface area contributed by atoms with Gasteiger partial charge in [-0.15, -0.1) is 40.8 Å². The molecule has 4 aliphatic carbocycles. The Labute approximate surface area is 327 Å². The summed E-state index contributed by atoms with van der Waals surface area (Å²) in [5, 5.41) is 68.6. The first-order valence-electron chi connectivity index (χ1n) is 19.9. The average molecular weight is 801 g/mol. The molecule has 0 radical (unpaired) electrons. The number of nitrogens with one attached hydrogen (secondary N) is 4. The normalized spacial score (nSPS) is 23.7. The van der Waals surface area contributed by atoms with Crippen LogP contribution in [0.4, 0.5) is 0 Å². The maximum Gasteiger partial charge on any atom is 0.231 e. The van der Waals surface area contributed by atoms with E-state index in [0.29, 0.717) is 23.7 Å². The van der Waals surface area contributed by atoms with Crippen LogP contribution in [0.25, 0.3) is 0 Å². The van der Waals surface area contributed by atoms with Crippen LogP contribution in [0.15, 0.2) is 20.6 Å². The number of hydrogen-bond donors (Lipinski definition) is 4. The summed E-state index contributed by atoms with van der Waals surface area (Å²) < 4.78 is 0. The van der Waals surface area contributed by atoms with E-state index in [1.807, 2.05) is 47.0 Å². The summed E-state index contributed by atoms with van der Waals surface area (Å²) in [6, 6.07) is 0. The van der Waals surface area contributed by atoms with Crippen molar-refractivity contribution in [3.8, 4) is 0 Å². The Morgan fingerprint density at radius 3 is 0.774 bits per heavy atom. The van der Waals surface area contributed by atoms with Crippen molar-refractivity contribution in [3.63, 3.8) is 0 Å². The smallest absolute Gasteiger partial charge is 0.176 e. The summed E-state index contributed by atoms with van der Waals surface area (Å²) in [4.78, 5) is 0. The fourth-order valence-electron chi connectivity index (χ4n) is 10.4. The lowest BCUT2D eigenvalue weighted by molar-refractivity contribution is 0.0820. The molecule has 4 aromatic rings. The van der Waals surface area contributed by atoms with Gasteiger partial charge in [0.05, 0.1) is 0 Å². The SMILES string of the molecule is C1CCC(C(Sc2nn[nH]n2)C(C(Sc2nn[nH]n2)C2CCCCC2)(C(Sc2nn[nH]n2)C2CCCCC2)C(Sc2nn[nH]n2)C2CCCCC2)CC1. The van der Waals surface area contributed by atoms with E-state index in [1.54, 1.807) is 0 Å².